The van der Waals surface area contributed by atoms with E-state index in [2.05, 4.69) is 15.3 Å². The van der Waals surface area contributed by atoms with E-state index in [1.807, 2.05) is 111 Å². The molecule has 0 saturated carbocycles. The van der Waals surface area contributed by atoms with Gasteiger partial charge in [-0.05, 0) is 55.3 Å². The molecule has 174 valence electrons. The van der Waals surface area contributed by atoms with Crippen LogP contribution in [-0.4, -0.2) is 15.1 Å². The minimum atomic E-state index is -0.365. The summed E-state index contributed by atoms with van der Waals surface area (Å²) in [5.74, 6) is 1.64. The molecule has 1 atom stereocenters. The van der Waals surface area contributed by atoms with E-state index in [1.54, 1.807) is 0 Å². The van der Waals surface area contributed by atoms with Gasteiger partial charge in [0.1, 0.15) is 29.4 Å². The van der Waals surface area contributed by atoms with E-state index in [4.69, 9.17) is 4.74 Å². The number of anilines is 1. The first-order valence-electron chi connectivity index (χ1n) is 11.6. The van der Waals surface area contributed by atoms with E-state index >= 15 is 0 Å². The van der Waals surface area contributed by atoms with Gasteiger partial charge in [0.15, 0.2) is 0 Å². The van der Waals surface area contributed by atoms with Gasteiger partial charge in [0.25, 0.3) is 0 Å². The van der Waals surface area contributed by atoms with Gasteiger partial charge in [0, 0.05) is 22.3 Å². The Labute approximate surface area is 205 Å². The van der Waals surface area contributed by atoms with Gasteiger partial charge in [-0.1, -0.05) is 66.7 Å². The lowest BCUT2D eigenvalue weighted by atomic mass is 9.96. The molecule has 0 amide bonds. The van der Waals surface area contributed by atoms with Crippen LogP contribution in [0.4, 0.5) is 5.82 Å². The molecule has 5 heteroatoms. The number of hydrogen-bond donors (Lipinski definition) is 2. The third kappa shape index (κ3) is 5.09. The summed E-state index contributed by atoms with van der Waals surface area (Å²) in [6, 6.07) is 31.4. The van der Waals surface area contributed by atoms with Crippen LogP contribution in [0.1, 0.15) is 34.1 Å². The molecule has 35 heavy (non-hydrogen) atoms. The number of phenols is 1. The van der Waals surface area contributed by atoms with Gasteiger partial charge in [0.2, 0.25) is 0 Å². The highest BCUT2D eigenvalue weighted by molar-refractivity contribution is 5.86. The van der Waals surface area contributed by atoms with E-state index in [-0.39, 0.29) is 11.8 Å². The van der Waals surface area contributed by atoms with Crippen molar-refractivity contribution in [3.8, 4) is 11.5 Å². The van der Waals surface area contributed by atoms with E-state index in [0.29, 0.717) is 12.1 Å². The molecule has 0 bridgehead atoms. The number of nitrogens with zero attached hydrogens (tertiary/aromatic N) is 2. The lowest BCUT2D eigenvalue weighted by molar-refractivity contribution is 0.306. The molecule has 0 radical (unpaired) electrons. The molecule has 3 aromatic carbocycles. The minimum Gasteiger partial charge on any atom is -0.505 e. The number of benzene rings is 3. The third-order valence-electron chi connectivity index (χ3n) is 5.94. The van der Waals surface area contributed by atoms with E-state index in [0.717, 1.165) is 45.0 Å². The Morgan fingerprint density at radius 1 is 0.800 bits per heavy atom. The van der Waals surface area contributed by atoms with Gasteiger partial charge < -0.3 is 15.2 Å². The number of nitrogens with one attached hydrogen (secondary N) is 1. The van der Waals surface area contributed by atoms with Crippen molar-refractivity contribution in [2.75, 3.05) is 5.32 Å². The molecule has 0 spiro atoms. The highest BCUT2D eigenvalue weighted by atomic mass is 16.5. The number of phenolic OH excluding ortho intramolecular Hbond substituents is 1. The van der Waals surface area contributed by atoms with Crippen LogP contribution >= 0.6 is 0 Å². The Bertz CT molecular complexity index is 1470. The van der Waals surface area contributed by atoms with Crippen molar-refractivity contribution in [3.05, 3.63) is 125 Å². The normalized spacial score (nSPS) is 11.8. The summed E-state index contributed by atoms with van der Waals surface area (Å²) in [5, 5.41) is 15.7. The maximum absolute atomic E-state index is 11.3. The van der Waals surface area contributed by atoms with Gasteiger partial charge >= 0.3 is 0 Å². The number of hydrogen-bond acceptors (Lipinski definition) is 5. The zero-order valence-corrected chi connectivity index (χ0v) is 19.8. The second-order valence-corrected chi connectivity index (χ2v) is 8.62. The number of rotatable bonds is 7. The summed E-state index contributed by atoms with van der Waals surface area (Å²) in [7, 11) is 0. The van der Waals surface area contributed by atoms with Crippen LogP contribution < -0.4 is 10.1 Å². The smallest absolute Gasteiger partial charge is 0.147 e. The van der Waals surface area contributed by atoms with Crippen molar-refractivity contribution in [2.45, 2.75) is 26.5 Å². The molecule has 5 aromatic rings. The average molecular weight is 462 g/mol. The third-order valence-corrected chi connectivity index (χ3v) is 5.94. The molecule has 0 aliphatic heterocycles. The topological polar surface area (TPSA) is 67.3 Å². The molecule has 2 N–H and O–H groups in total. The van der Waals surface area contributed by atoms with Crippen molar-refractivity contribution in [1.82, 2.24) is 9.97 Å². The Kier molecular flexibility index (Phi) is 6.31. The Balaban J connectivity index is 1.54. The van der Waals surface area contributed by atoms with Gasteiger partial charge in [-0.3, -0.25) is 0 Å². The van der Waals surface area contributed by atoms with Crippen LogP contribution in [0.15, 0.2) is 97.1 Å². The second kappa shape index (κ2) is 9.85. The van der Waals surface area contributed by atoms with Gasteiger partial charge in [-0.2, -0.15) is 0 Å². The Morgan fingerprint density at radius 2 is 1.57 bits per heavy atom. The molecule has 0 saturated heterocycles. The SMILES string of the molecule is Cc1cccc(N[C@@H](c2cccc(OCc3ccccc3)c2)c2ccc3ccc(C)nc3c2O)n1. The number of fused-ring (bicyclic) bond motifs is 1. The number of aryl methyl sites for hydroxylation is 2. The molecular weight excluding hydrogens is 434 g/mol. The fourth-order valence-electron chi connectivity index (χ4n) is 4.16. The summed E-state index contributed by atoms with van der Waals surface area (Å²) in [6.45, 7) is 4.36. The summed E-state index contributed by atoms with van der Waals surface area (Å²) >= 11 is 0. The predicted octanol–water partition coefficient (Wildman–Crippen LogP) is 6.73. The van der Waals surface area contributed by atoms with Gasteiger partial charge in [0.05, 0.1) is 6.04 Å². The predicted molar refractivity (Wildman–Crippen MR) is 140 cm³/mol. The maximum atomic E-state index is 11.3. The van der Waals surface area contributed by atoms with Gasteiger partial charge in [-0.15, -0.1) is 0 Å². The number of aromatic hydroxyl groups is 1. The summed E-state index contributed by atoms with van der Waals surface area (Å²) in [5.41, 5.74) is 5.12. The summed E-state index contributed by atoms with van der Waals surface area (Å²) in [4.78, 5) is 9.22. The van der Waals surface area contributed by atoms with Crippen molar-refractivity contribution < 1.29 is 9.84 Å². The number of ether oxygens (including phenoxy) is 1. The van der Waals surface area contributed by atoms with Crippen molar-refractivity contribution >= 4 is 16.7 Å². The van der Waals surface area contributed by atoms with Crippen molar-refractivity contribution in [1.29, 1.82) is 0 Å². The molecule has 0 unspecified atom stereocenters. The maximum Gasteiger partial charge on any atom is 0.147 e. The summed E-state index contributed by atoms with van der Waals surface area (Å²) in [6.07, 6.45) is 0. The molecule has 2 heterocycles. The van der Waals surface area contributed by atoms with E-state index in [1.165, 1.54) is 0 Å². The highest BCUT2D eigenvalue weighted by Crippen LogP contribution is 2.37. The highest BCUT2D eigenvalue weighted by Gasteiger charge is 2.21. The fraction of sp³-hybridized carbons (Fsp3) is 0.133. The first-order valence-corrected chi connectivity index (χ1v) is 11.6. The second-order valence-electron chi connectivity index (χ2n) is 8.62. The number of pyridine rings is 2. The first-order chi connectivity index (χ1) is 17.1. The Morgan fingerprint density at radius 3 is 2.40 bits per heavy atom. The zero-order chi connectivity index (χ0) is 24.2. The first kappa shape index (κ1) is 22.4. The zero-order valence-electron chi connectivity index (χ0n) is 19.8. The largest absolute Gasteiger partial charge is 0.505 e. The van der Waals surface area contributed by atoms with Crippen LogP contribution in [0, 0.1) is 13.8 Å². The lowest BCUT2D eigenvalue weighted by Gasteiger charge is -2.23. The van der Waals surface area contributed by atoms with Crippen LogP contribution in [0.25, 0.3) is 10.9 Å². The molecule has 5 nitrogen and oxygen atoms in total. The van der Waals surface area contributed by atoms with Crippen molar-refractivity contribution in [3.63, 3.8) is 0 Å². The van der Waals surface area contributed by atoms with Crippen LogP contribution in [0.3, 0.4) is 0 Å². The van der Waals surface area contributed by atoms with Crippen LogP contribution in [0.5, 0.6) is 11.5 Å². The number of aromatic nitrogens is 2. The quantitative estimate of drug-likeness (QED) is 0.281. The fourth-order valence-corrected chi connectivity index (χ4v) is 4.16. The molecule has 0 aliphatic rings. The molecule has 0 fully saturated rings. The Hall–Kier alpha value is -4.38. The lowest BCUT2D eigenvalue weighted by Crippen LogP contribution is -2.14. The standard InChI is InChI=1S/C30H27N3O2/c1-20-8-6-13-27(31-20)33-28(26-17-16-23-15-14-21(2)32-29(23)30(26)34)24-11-7-12-25(18-24)35-19-22-9-4-3-5-10-22/h3-18,28,34H,19H2,1-2H3,(H,31,33)/t28-/m0/s1. The molecule has 2 aromatic heterocycles. The summed E-state index contributed by atoms with van der Waals surface area (Å²) < 4.78 is 6.09. The molecular formula is C30H27N3O2. The monoisotopic (exact) mass is 461 g/mol. The van der Waals surface area contributed by atoms with Crippen LogP contribution in [-0.2, 0) is 6.61 Å². The average Bonchev–Trinajstić information content (AvgIpc) is 2.88. The van der Waals surface area contributed by atoms with E-state index in [9.17, 15) is 5.11 Å². The van der Waals surface area contributed by atoms with Crippen molar-refractivity contribution in [2.24, 2.45) is 0 Å². The minimum absolute atomic E-state index is 0.159. The molecule has 5 rings (SSSR count). The van der Waals surface area contributed by atoms with Crippen LogP contribution in [0.2, 0.25) is 0 Å². The van der Waals surface area contributed by atoms with Gasteiger partial charge in [-0.25, -0.2) is 9.97 Å². The molecule has 0 aliphatic carbocycles. The van der Waals surface area contributed by atoms with E-state index < -0.39 is 0 Å².